The van der Waals surface area contributed by atoms with Crippen LogP contribution in [0.3, 0.4) is 0 Å². The molecular weight excluding hydrogens is 420 g/mol. The number of nitrogens with zero attached hydrogens (tertiary/aromatic N) is 3. The van der Waals surface area contributed by atoms with Crippen LogP contribution in [0.25, 0.3) is 0 Å². The number of carbonyl (C=O) groups is 2. The average molecular weight is 459 g/mol. The van der Waals surface area contributed by atoms with Crippen molar-refractivity contribution in [2.75, 3.05) is 39.2 Å². The zero-order valence-electron chi connectivity index (χ0n) is 20.9. The fraction of sp³-hybridized carbons (Fsp3) is 0.520. The number of aromatic nitrogens is 1. The van der Waals surface area contributed by atoms with E-state index in [0.29, 0.717) is 42.7 Å². The lowest BCUT2D eigenvalue weighted by molar-refractivity contribution is -0.133. The first-order valence-electron chi connectivity index (χ1n) is 11.3. The first-order valence-corrected chi connectivity index (χ1v) is 11.3. The van der Waals surface area contributed by atoms with Crippen molar-refractivity contribution in [3.05, 3.63) is 42.2 Å². The molecule has 0 unspecified atom stereocenters. The Hall–Kier alpha value is -3.16. The number of rotatable bonds is 11. The Morgan fingerprint density at radius 2 is 1.55 bits per heavy atom. The molecule has 0 radical (unpaired) electrons. The number of anilines is 1. The molecule has 1 aromatic heterocycles. The smallest absolute Gasteiger partial charge is 0.322 e. The summed E-state index contributed by atoms with van der Waals surface area (Å²) in [5, 5.41) is 2.89. The molecule has 0 saturated carbocycles. The van der Waals surface area contributed by atoms with E-state index >= 15 is 0 Å². The van der Waals surface area contributed by atoms with Crippen LogP contribution in [0.2, 0.25) is 0 Å². The zero-order valence-corrected chi connectivity index (χ0v) is 20.9. The van der Waals surface area contributed by atoms with Gasteiger partial charge < -0.3 is 29.2 Å². The van der Waals surface area contributed by atoms with E-state index in [1.165, 1.54) is 0 Å². The highest BCUT2D eigenvalue weighted by molar-refractivity contribution is 5.92. The molecule has 1 heterocycles. The van der Waals surface area contributed by atoms with E-state index in [2.05, 4.69) is 19.2 Å². The van der Waals surface area contributed by atoms with Gasteiger partial charge in [-0.25, -0.2) is 4.79 Å². The van der Waals surface area contributed by atoms with Gasteiger partial charge in [0.1, 0.15) is 18.0 Å². The Bertz CT molecular complexity index is 901. The maximum atomic E-state index is 13.3. The quantitative estimate of drug-likeness (QED) is 0.547. The van der Waals surface area contributed by atoms with E-state index in [1.54, 1.807) is 37.3 Å². The van der Waals surface area contributed by atoms with Crippen molar-refractivity contribution in [3.8, 4) is 11.5 Å². The molecule has 0 spiro atoms. The Balaban J connectivity index is 2.19. The first-order chi connectivity index (χ1) is 15.6. The van der Waals surface area contributed by atoms with E-state index in [4.69, 9.17) is 9.47 Å². The van der Waals surface area contributed by atoms with E-state index in [-0.39, 0.29) is 24.4 Å². The summed E-state index contributed by atoms with van der Waals surface area (Å²) < 4.78 is 12.6. The third-order valence-corrected chi connectivity index (χ3v) is 5.14. The van der Waals surface area contributed by atoms with Crippen molar-refractivity contribution >= 4 is 17.6 Å². The van der Waals surface area contributed by atoms with Gasteiger partial charge in [-0.2, -0.15) is 0 Å². The molecule has 2 aromatic rings. The lowest BCUT2D eigenvalue weighted by Gasteiger charge is -2.30. The van der Waals surface area contributed by atoms with Gasteiger partial charge in [-0.15, -0.1) is 0 Å². The third-order valence-electron chi connectivity index (χ3n) is 5.14. The van der Waals surface area contributed by atoms with Crippen LogP contribution in [0.15, 0.2) is 36.5 Å². The highest BCUT2D eigenvalue weighted by Crippen LogP contribution is 2.26. The van der Waals surface area contributed by atoms with Crippen LogP contribution in [-0.4, -0.2) is 60.2 Å². The van der Waals surface area contributed by atoms with Gasteiger partial charge in [0.15, 0.2) is 0 Å². The third kappa shape index (κ3) is 8.04. The molecule has 182 valence electrons. The van der Waals surface area contributed by atoms with Crippen molar-refractivity contribution in [2.45, 2.75) is 34.2 Å². The zero-order chi connectivity index (χ0) is 24.5. The Labute approximate surface area is 197 Å². The van der Waals surface area contributed by atoms with Crippen LogP contribution in [-0.2, 0) is 18.4 Å². The van der Waals surface area contributed by atoms with Gasteiger partial charge in [0.2, 0.25) is 5.91 Å². The number of amides is 3. The summed E-state index contributed by atoms with van der Waals surface area (Å²) in [6, 6.07) is 8.81. The molecule has 0 atom stereocenters. The van der Waals surface area contributed by atoms with Crippen molar-refractivity contribution < 1.29 is 19.1 Å². The minimum Gasteiger partial charge on any atom is -0.497 e. The highest BCUT2D eigenvalue weighted by atomic mass is 16.5. The van der Waals surface area contributed by atoms with Gasteiger partial charge in [0.05, 0.1) is 20.8 Å². The summed E-state index contributed by atoms with van der Waals surface area (Å²) in [6.07, 6.45) is 1.97. The van der Waals surface area contributed by atoms with Gasteiger partial charge >= 0.3 is 6.03 Å². The molecule has 3 amide bonds. The van der Waals surface area contributed by atoms with Crippen LogP contribution in [0, 0.1) is 11.8 Å². The number of aryl methyl sites for hydroxylation is 1. The second kappa shape index (κ2) is 12.2. The fourth-order valence-electron chi connectivity index (χ4n) is 3.56. The van der Waals surface area contributed by atoms with Crippen LogP contribution in [0.4, 0.5) is 10.5 Å². The van der Waals surface area contributed by atoms with Gasteiger partial charge in [-0.1, -0.05) is 27.7 Å². The molecule has 0 aliphatic heterocycles. The SMILES string of the molecule is COc1cc(NC(=O)N(CC(=O)N(Cc2cccn2C)CC(C)C)CC(C)C)cc(OC)c1. The molecule has 0 bridgehead atoms. The van der Waals surface area contributed by atoms with Crippen molar-refractivity contribution in [3.63, 3.8) is 0 Å². The summed E-state index contributed by atoms with van der Waals surface area (Å²) in [5.74, 6) is 1.58. The normalized spacial score (nSPS) is 10.9. The van der Waals surface area contributed by atoms with Crippen LogP contribution in [0.1, 0.15) is 33.4 Å². The number of carbonyl (C=O) groups excluding carboxylic acids is 2. The van der Waals surface area contributed by atoms with Crippen molar-refractivity contribution in [2.24, 2.45) is 18.9 Å². The maximum Gasteiger partial charge on any atom is 0.322 e. The Kier molecular flexibility index (Phi) is 9.63. The number of methoxy groups -OCH3 is 2. The molecule has 0 aliphatic rings. The number of hydrogen-bond acceptors (Lipinski definition) is 4. The highest BCUT2D eigenvalue weighted by Gasteiger charge is 2.24. The van der Waals surface area contributed by atoms with Crippen molar-refractivity contribution in [1.82, 2.24) is 14.4 Å². The summed E-state index contributed by atoms with van der Waals surface area (Å²) in [4.78, 5) is 29.9. The van der Waals surface area contributed by atoms with E-state index < -0.39 is 0 Å². The monoisotopic (exact) mass is 458 g/mol. The van der Waals surface area contributed by atoms with Crippen LogP contribution < -0.4 is 14.8 Å². The maximum absolute atomic E-state index is 13.3. The standard InChI is InChI=1S/C25H38N4O4/c1-18(2)14-28(16-21-9-8-10-27(21)5)24(30)17-29(15-19(3)4)25(31)26-20-11-22(32-6)13-23(12-20)33-7/h8-13,18-19H,14-17H2,1-7H3,(H,26,31). The van der Waals surface area contributed by atoms with Crippen LogP contribution in [0.5, 0.6) is 11.5 Å². The summed E-state index contributed by atoms with van der Waals surface area (Å²) in [6.45, 7) is 9.80. The van der Waals surface area contributed by atoms with Gasteiger partial charge in [0, 0.05) is 55.9 Å². The minimum absolute atomic E-state index is 0.00224. The van der Waals surface area contributed by atoms with E-state index in [1.807, 2.05) is 48.7 Å². The predicted octanol–water partition coefficient (Wildman–Crippen LogP) is 4.22. The molecular formula is C25H38N4O4. The average Bonchev–Trinajstić information content (AvgIpc) is 3.16. The lowest BCUT2D eigenvalue weighted by Crippen LogP contribution is -2.46. The number of ether oxygens (including phenoxy) is 2. The molecule has 2 rings (SSSR count). The summed E-state index contributed by atoms with van der Waals surface area (Å²) in [5.41, 5.74) is 1.59. The fourth-order valence-corrected chi connectivity index (χ4v) is 3.56. The topological polar surface area (TPSA) is 76.0 Å². The largest absolute Gasteiger partial charge is 0.497 e. The predicted molar refractivity (Wildman–Crippen MR) is 131 cm³/mol. The van der Waals surface area contributed by atoms with E-state index in [9.17, 15) is 9.59 Å². The number of hydrogen-bond donors (Lipinski definition) is 1. The van der Waals surface area contributed by atoms with Gasteiger partial charge in [-0.3, -0.25) is 4.79 Å². The van der Waals surface area contributed by atoms with E-state index in [0.717, 1.165) is 5.69 Å². The minimum atomic E-state index is -0.337. The van der Waals surface area contributed by atoms with Crippen molar-refractivity contribution in [1.29, 1.82) is 0 Å². The van der Waals surface area contributed by atoms with Gasteiger partial charge in [-0.05, 0) is 24.0 Å². The number of nitrogens with one attached hydrogen (secondary N) is 1. The molecule has 0 aliphatic carbocycles. The Morgan fingerprint density at radius 1 is 0.970 bits per heavy atom. The van der Waals surface area contributed by atoms with Crippen LogP contribution >= 0.6 is 0 Å². The molecule has 0 fully saturated rings. The number of urea groups is 1. The molecule has 8 nitrogen and oxygen atoms in total. The number of benzene rings is 1. The molecule has 8 heteroatoms. The summed E-state index contributed by atoms with van der Waals surface area (Å²) >= 11 is 0. The molecule has 0 saturated heterocycles. The second-order valence-corrected chi connectivity index (χ2v) is 9.08. The molecule has 1 N–H and O–H groups in total. The molecule has 33 heavy (non-hydrogen) atoms. The molecule has 1 aromatic carbocycles. The summed E-state index contributed by atoms with van der Waals surface area (Å²) in [7, 11) is 5.08. The second-order valence-electron chi connectivity index (χ2n) is 9.08. The Morgan fingerprint density at radius 3 is 2.03 bits per heavy atom. The first kappa shape index (κ1) is 26.1. The van der Waals surface area contributed by atoms with Gasteiger partial charge in [0.25, 0.3) is 0 Å². The lowest BCUT2D eigenvalue weighted by atomic mass is 10.2.